The zero-order valence-electron chi connectivity index (χ0n) is 16.5. The average Bonchev–Trinajstić information content (AvgIpc) is 2.65. The fourth-order valence-electron chi connectivity index (χ4n) is 0.730. The number of hydrogen-bond donors (Lipinski definition) is 0. The van der Waals surface area contributed by atoms with Crippen molar-refractivity contribution in [2.45, 2.75) is 27.7 Å². The van der Waals surface area contributed by atoms with Crippen molar-refractivity contribution < 1.29 is 57.2 Å². The van der Waals surface area contributed by atoms with Gasteiger partial charge >= 0.3 is 35.8 Å². The van der Waals surface area contributed by atoms with Crippen LogP contribution in [0, 0.1) is 0 Å². The Balaban J connectivity index is -0.000000159. The maximum atomic E-state index is 10.3. The van der Waals surface area contributed by atoms with Crippen LogP contribution in [0.4, 0.5) is 0 Å². The second kappa shape index (κ2) is 22.6. The number of hydrogen-bond acceptors (Lipinski definition) is 12. The number of ether oxygens (including phenoxy) is 6. The molecule has 29 heavy (non-hydrogen) atoms. The number of rotatable bonds is 6. The molecular weight excluding hydrogens is 396 g/mol. The van der Waals surface area contributed by atoms with Crippen LogP contribution in [-0.4, -0.2) is 71.0 Å². The highest BCUT2D eigenvalue weighted by Gasteiger charge is 2.07. The van der Waals surface area contributed by atoms with Gasteiger partial charge in [0.05, 0.1) is 28.4 Å². The molecule has 12 heteroatoms. The van der Waals surface area contributed by atoms with Gasteiger partial charge in [0.1, 0.15) is 6.42 Å². The maximum absolute atomic E-state index is 10.3. The van der Waals surface area contributed by atoms with Gasteiger partial charge in [-0.2, -0.15) is 0 Å². The first-order chi connectivity index (χ1) is 13.0. The van der Waals surface area contributed by atoms with Crippen LogP contribution in [0.5, 0.6) is 0 Å². The largest absolute Gasteiger partial charge is 0.469 e. The molecular formula is C17H28O12. The molecule has 0 N–H and O–H groups in total. The van der Waals surface area contributed by atoms with E-state index in [1.165, 1.54) is 42.3 Å². The Labute approximate surface area is 169 Å². The monoisotopic (exact) mass is 424 g/mol. The third-order valence-electron chi connectivity index (χ3n) is 2.03. The van der Waals surface area contributed by atoms with E-state index in [-0.39, 0.29) is 20.6 Å². The van der Waals surface area contributed by atoms with Gasteiger partial charge in [0.2, 0.25) is 6.79 Å². The normalized spacial score (nSPS) is 8.34. The summed E-state index contributed by atoms with van der Waals surface area (Å²) in [5, 5.41) is 0. The molecule has 0 aliphatic carbocycles. The van der Waals surface area contributed by atoms with Gasteiger partial charge in [-0.05, 0) is 0 Å². The third-order valence-corrected chi connectivity index (χ3v) is 2.03. The number of carbonyl (C=O) groups excluding carboxylic acids is 6. The number of carbonyl (C=O) groups is 6. The molecule has 0 aliphatic heterocycles. The first kappa shape index (κ1) is 33.2. The van der Waals surface area contributed by atoms with Crippen LogP contribution >= 0.6 is 0 Å². The van der Waals surface area contributed by atoms with Gasteiger partial charge in [0.15, 0.2) is 0 Å². The molecule has 0 aromatic rings. The average molecular weight is 424 g/mol. The Morgan fingerprint density at radius 3 is 1.14 bits per heavy atom. The number of methoxy groups -OCH3 is 4. The lowest BCUT2D eigenvalue weighted by Gasteiger charge is -1.99. The van der Waals surface area contributed by atoms with E-state index in [1.54, 1.807) is 0 Å². The Morgan fingerprint density at radius 2 is 0.931 bits per heavy atom. The summed E-state index contributed by atoms with van der Waals surface area (Å²) >= 11 is 0. The molecule has 0 aromatic heterocycles. The first-order valence-electron chi connectivity index (χ1n) is 7.28. The molecule has 0 fully saturated rings. The Hall–Kier alpha value is -3.44. The minimum atomic E-state index is -0.582. The zero-order valence-corrected chi connectivity index (χ0v) is 16.5. The predicted molar refractivity (Wildman–Crippen MR) is 97.0 cm³/mol. The van der Waals surface area contributed by atoms with Crippen LogP contribution in [0.2, 0.25) is 0 Å². The Bertz CT molecular complexity index is 505. The lowest BCUT2D eigenvalue weighted by molar-refractivity contribution is -0.164. The van der Waals surface area contributed by atoms with E-state index in [9.17, 15) is 28.8 Å². The van der Waals surface area contributed by atoms with Gasteiger partial charge in [-0.15, -0.1) is 0 Å². The molecule has 12 nitrogen and oxygen atoms in total. The van der Waals surface area contributed by atoms with Gasteiger partial charge in [-0.25, -0.2) is 9.59 Å². The molecule has 0 bridgehead atoms. The Kier molecular flexibility index (Phi) is 25.8. The van der Waals surface area contributed by atoms with Crippen LogP contribution in [0.3, 0.4) is 0 Å². The van der Waals surface area contributed by atoms with E-state index in [1.807, 2.05) is 0 Å². The predicted octanol–water partition coefficient (Wildman–Crippen LogP) is 0.317. The maximum Gasteiger partial charge on any atom is 0.330 e. The van der Waals surface area contributed by atoms with Crippen LogP contribution in [0.25, 0.3) is 0 Å². The van der Waals surface area contributed by atoms with E-state index < -0.39 is 35.8 Å². The Morgan fingerprint density at radius 1 is 0.621 bits per heavy atom. The van der Waals surface area contributed by atoms with Crippen molar-refractivity contribution in [2.24, 2.45) is 0 Å². The molecule has 0 rings (SSSR count). The van der Waals surface area contributed by atoms with E-state index in [0.29, 0.717) is 0 Å². The van der Waals surface area contributed by atoms with Crippen molar-refractivity contribution in [3.05, 3.63) is 12.2 Å². The van der Waals surface area contributed by atoms with Crippen LogP contribution in [0.15, 0.2) is 12.2 Å². The zero-order chi connectivity index (χ0) is 22.5. The van der Waals surface area contributed by atoms with Crippen molar-refractivity contribution in [1.82, 2.24) is 0 Å². The van der Waals surface area contributed by atoms with Crippen molar-refractivity contribution in [3.63, 3.8) is 0 Å². The molecule has 0 radical (unpaired) electrons. The van der Waals surface area contributed by atoms with Gasteiger partial charge in [0.25, 0.3) is 0 Å². The molecule has 0 atom stereocenters. The summed E-state index contributed by atoms with van der Waals surface area (Å²) in [5.74, 6) is -3.24. The second-order valence-electron chi connectivity index (χ2n) is 4.10. The summed E-state index contributed by atoms with van der Waals surface area (Å²) in [4.78, 5) is 61.2. The third kappa shape index (κ3) is 32.7. The van der Waals surface area contributed by atoms with Gasteiger partial charge in [-0.3, -0.25) is 19.2 Å². The fraction of sp³-hybridized carbons (Fsp3) is 0.529. The molecule has 0 heterocycles. The van der Waals surface area contributed by atoms with E-state index in [4.69, 9.17) is 0 Å². The van der Waals surface area contributed by atoms with Gasteiger partial charge in [0, 0.05) is 26.0 Å². The molecule has 0 aliphatic rings. The van der Waals surface area contributed by atoms with Crippen LogP contribution in [-0.2, 0) is 57.2 Å². The minimum absolute atomic E-state index is 0. The molecule has 0 unspecified atom stereocenters. The topological polar surface area (TPSA) is 158 Å². The van der Waals surface area contributed by atoms with E-state index >= 15 is 0 Å². The van der Waals surface area contributed by atoms with Crippen molar-refractivity contribution in [3.8, 4) is 0 Å². The summed E-state index contributed by atoms with van der Waals surface area (Å²) < 4.78 is 25.3. The van der Waals surface area contributed by atoms with Crippen molar-refractivity contribution in [2.75, 3.05) is 35.2 Å². The lowest BCUT2D eigenvalue weighted by Crippen LogP contribution is -2.09. The summed E-state index contributed by atoms with van der Waals surface area (Å²) in [6.45, 7) is 2.19. The highest BCUT2D eigenvalue weighted by Crippen LogP contribution is 1.85. The van der Waals surface area contributed by atoms with Crippen LogP contribution in [0.1, 0.15) is 27.7 Å². The molecule has 0 aromatic carbocycles. The van der Waals surface area contributed by atoms with E-state index in [0.717, 1.165) is 12.2 Å². The van der Waals surface area contributed by atoms with E-state index in [2.05, 4.69) is 28.4 Å². The standard InChI is InChI=1S/C6H8O4.2C5H8O4.CH4/c1-9-5(7)3-4-6(8)10-2;1-8-4(6)3-5(7)9-2;1-4(6)8-3-9-5(2)7;/h3-4H,1-2H3;2*3H2,1-2H3;1H4. The smallest absolute Gasteiger partial charge is 0.330 e. The quantitative estimate of drug-likeness (QED) is 0.189. The molecule has 0 saturated carbocycles. The minimum Gasteiger partial charge on any atom is -0.469 e. The van der Waals surface area contributed by atoms with Crippen molar-refractivity contribution >= 4 is 35.8 Å². The number of esters is 6. The summed E-state index contributed by atoms with van der Waals surface area (Å²) in [6.07, 6.45) is 1.67. The molecule has 0 saturated heterocycles. The summed E-state index contributed by atoms with van der Waals surface area (Å²) in [7, 11) is 4.88. The van der Waals surface area contributed by atoms with Crippen molar-refractivity contribution in [1.29, 1.82) is 0 Å². The highest BCUT2D eigenvalue weighted by atomic mass is 16.7. The summed E-state index contributed by atoms with van der Waals surface area (Å²) in [6, 6.07) is 0. The fourth-order valence-corrected chi connectivity index (χ4v) is 0.730. The molecule has 0 amide bonds. The highest BCUT2D eigenvalue weighted by molar-refractivity contribution is 5.91. The van der Waals surface area contributed by atoms with Gasteiger partial charge < -0.3 is 28.4 Å². The first-order valence-corrected chi connectivity index (χ1v) is 7.28. The SMILES string of the molecule is C.CC(=O)OCOC(C)=O.COC(=O)C=CC(=O)OC.COC(=O)CC(=O)OC. The second-order valence-corrected chi connectivity index (χ2v) is 4.10. The van der Waals surface area contributed by atoms with Gasteiger partial charge in [-0.1, -0.05) is 7.43 Å². The molecule has 168 valence electrons. The lowest BCUT2D eigenvalue weighted by atomic mass is 10.4. The van der Waals surface area contributed by atoms with Crippen LogP contribution < -0.4 is 0 Å². The summed E-state index contributed by atoms with van der Waals surface area (Å²) in [5.41, 5.74) is 0. The molecule has 0 spiro atoms.